The van der Waals surface area contributed by atoms with Crippen molar-refractivity contribution in [2.24, 2.45) is 0 Å². The number of tetrazole rings is 1. The Morgan fingerprint density at radius 2 is 1.97 bits per heavy atom. The van der Waals surface area contributed by atoms with Gasteiger partial charge >= 0.3 is 0 Å². The monoisotopic (exact) mass is 459 g/mol. The van der Waals surface area contributed by atoms with E-state index in [2.05, 4.69) is 15.5 Å². The fourth-order valence-corrected chi connectivity index (χ4v) is 4.56. The minimum Gasteiger partial charge on any atom is -0.493 e. The van der Waals surface area contributed by atoms with E-state index in [9.17, 15) is 0 Å². The lowest BCUT2D eigenvalue weighted by Gasteiger charge is -2.09. The maximum absolute atomic E-state index is 5.96. The smallest absolute Gasteiger partial charge is 0.214 e. The molecule has 0 unspecified atom stereocenters. The van der Waals surface area contributed by atoms with Crippen LogP contribution in [0.3, 0.4) is 0 Å². The van der Waals surface area contributed by atoms with Crippen LogP contribution in [0.15, 0.2) is 53.0 Å². The number of methoxy groups -OCH3 is 1. The first-order valence-corrected chi connectivity index (χ1v) is 11.3. The fourth-order valence-electron chi connectivity index (χ4n) is 2.73. The number of thiazole rings is 1. The highest BCUT2D eigenvalue weighted by molar-refractivity contribution is 7.98. The molecule has 0 saturated heterocycles. The van der Waals surface area contributed by atoms with Gasteiger partial charge in [0.1, 0.15) is 5.01 Å². The molecule has 10 heteroatoms. The zero-order valence-electron chi connectivity index (χ0n) is 16.3. The molecule has 0 bridgehead atoms. The van der Waals surface area contributed by atoms with Crippen molar-refractivity contribution in [2.45, 2.75) is 17.8 Å². The Bertz CT molecular complexity index is 1130. The van der Waals surface area contributed by atoms with E-state index in [4.69, 9.17) is 26.1 Å². The summed E-state index contributed by atoms with van der Waals surface area (Å²) < 4.78 is 12.7. The van der Waals surface area contributed by atoms with Crippen molar-refractivity contribution >= 4 is 34.7 Å². The van der Waals surface area contributed by atoms with E-state index in [0.29, 0.717) is 28.3 Å². The highest BCUT2D eigenvalue weighted by Gasteiger charge is 2.13. The minimum absolute atomic E-state index is 0.587. The average molecular weight is 460 g/mol. The summed E-state index contributed by atoms with van der Waals surface area (Å²) in [5, 5.41) is 16.3. The summed E-state index contributed by atoms with van der Waals surface area (Å²) in [7, 11) is 1.64. The van der Waals surface area contributed by atoms with Crippen LogP contribution in [0.25, 0.3) is 16.3 Å². The number of rotatable bonds is 8. The minimum atomic E-state index is 0.587. The van der Waals surface area contributed by atoms with Gasteiger partial charge in [0.05, 0.1) is 25.1 Å². The predicted molar refractivity (Wildman–Crippen MR) is 119 cm³/mol. The Hall–Kier alpha value is -2.62. The van der Waals surface area contributed by atoms with E-state index in [0.717, 1.165) is 27.7 Å². The summed E-state index contributed by atoms with van der Waals surface area (Å²) in [5.74, 6) is 2.08. The first kappa shape index (κ1) is 20.6. The average Bonchev–Trinajstić information content (AvgIpc) is 3.43. The highest BCUT2D eigenvalue weighted by atomic mass is 35.5. The van der Waals surface area contributed by atoms with Crippen LogP contribution in [0.2, 0.25) is 5.02 Å². The van der Waals surface area contributed by atoms with E-state index in [-0.39, 0.29) is 0 Å². The van der Waals surface area contributed by atoms with Gasteiger partial charge in [-0.15, -0.1) is 16.4 Å². The van der Waals surface area contributed by atoms with E-state index in [1.54, 1.807) is 23.1 Å². The van der Waals surface area contributed by atoms with Crippen molar-refractivity contribution < 1.29 is 9.47 Å². The van der Waals surface area contributed by atoms with Gasteiger partial charge in [0, 0.05) is 21.7 Å². The van der Waals surface area contributed by atoms with Gasteiger partial charge in [-0.25, -0.2) is 4.98 Å². The molecule has 0 aliphatic rings. The number of benzene rings is 2. The Balaban J connectivity index is 1.47. The predicted octanol–water partition coefficient (Wildman–Crippen LogP) is 5.14. The molecule has 0 amide bonds. The number of halogens is 1. The van der Waals surface area contributed by atoms with Gasteiger partial charge < -0.3 is 9.47 Å². The maximum Gasteiger partial charge on any atom is 0.214 e. The lowest BCUT2D eigenvalue weighted by molar-refractivity contribution is 0.311. The molecule has 2 heterocycles. The SMILES string of the molecule is CCOc1ccc(-c2nc(CSc3nnnn3-c3ccc(Cl)cc3)cs2)cc1OC. The van der Waals surface area contributed by atoms with Gasteiger partial charge in [0.25, 0.3) is 0 Å². The number of nitrogens with zero attached hydrogens (tertiary/aromatic N) is 5. The quantitative estimate of drug-likeness (QED) is 0.338. The number of hydrogen-bond acceptors (Lipinski definition) is 8. The Labute approximate surface area is 187 Å². The molecule has 30 heavy (non-hydrogen) atoms. The van der Waals surface area contributed by atoms with Crippen LogP contribution in [-0.4, -0.2) is 38.9 Å². The Morgan fingerprint density at radius 1 is 1.13 bits per heavy atom. The summed E-state index contributed by atoms with van der Waals surface area (Å²) in [6, 6.07) is 13.2. The van der Waals surface area contributed by atoms with E-state index >= 15 is 0 Å². The molecule has 0 saturated carbocycles. The maximum atomic E-state index is 5.96. The third-order valence-corrected chi connectivity index (χ3v) is 6.27. The van der Waals surface area contributed by atoms with Crippen molar-refractivity contribution in [1.82, 2.24) is 25.2 Å². The normalized spacial score (nSPS) is 10.9. The van der Waals surface area contributed by atoms with Crippen LogP contribution in [0, 0.1) is 0 Å². The zero-order valence-corrected chi connectivity index (χ0v) is 18.7. The molecule has 0 atom stereocenters. The summed E-state index contributed by atoms with van der Waals surface area (Å²) in [6.45, 7) is 2.53. The van der Waals surface area contributed by atoms with Crippen molar-refractivity contribution in [1.29, 1.82) is 0 Å². The van der Waals surface area contributed by atoms with Gasteiger partial charge in [-0.2, -0.15) is 4.68 Å². The molecule has 7 nitrogen and oxygen atoms in total. The lowest BCUT2D eigenvalue weighted by atomic mass is 10.2. The first-order chi connectivity index (χ1) is 14.7. The van der Waals surface area contributed by atoms with Crippen molar-refractivity contribution in [2.75, 3.05) is 13.7 Å². The summed E-state index contributed by atoms with van der Waals surface area (Å²) >= 11 is 9.07. The van der Waals surface area contributed by atoms with Crippen LogP contribution in [0.5, 0.6) is 11.5 Å². The number of aromatic nitrogens is 5. The first-order valence-electron chi connectivity index (χ1n) is 9.10. The van der Waals surface area contributed by atoms with Gasteiger partial charge in [0.2, 0.25) is 5.16 Å². The third-order valence-electron chi connectivity index (χ3n) is 4.12. The van der Waals surface area contributed by atoms with Crippen molar-refractivity contribution in [3.8, 4) is 27.8 Å². The van der Waals surface area contributed by atoms with E-state index in [1.807, 2.05) is 54.8 Å². The van der Waals surface area contributed by atoms with E-state index in [1.165, 1.54) is 11.8 Å². The van der Waals surface area contributed by atoms with Crippen LogP contribution >= 0.6 is 34.7 Å². The molecule has 2 aromatic carbocycles. The molecule has 0 aliphatic carbocycles. The van der Waals surface area contributed by atoms with E-state index < -0.39 is 0 Å². The molecule has 0 N–H and O–H groups in total. The second-order valence-corrected chi connectivity index (χ2v) is 8.32. The Morgan fingerprint density at radius 3 is 2.73 bits per heavy atom. The molecule has 0 aliphatic heterocycles. The molecule has 4 aromatic rings. The lowest BCUT2D eigenvalue weighted by Crippen LogP contribution is -1.98. The number of ether oxygens (including phenoxy) is 2. The fraction of sp³-hybridized carbons (Fsp3) is 0.200. The summed E-state index contributed by atoms with van der Waals surface area (Å²) in [6.07, 6.45) is 0. The van der Waals surface area contributed by atoms with Crippen LogP contribution in [-0.2, 0) is 5.75 Å². The van der Waals surface area contributed by atoms with Crippen LogP contribution < -0.4 is 9.47 Å². The molecule has 0 fully saturated rings. The second-order valence-electron chi connectivity index (χ2n) is 6.08. The Kier molecular flexibility index (Phi) is 6.51. The standard InChI is InChI=1S/C20H18ClN5O2S2/c1-3-28-17-9-4-13(10-18(17)27-2)19-22-15(11-29-19)12-30-20-23-24-25-26(20)16-7-5-14(21)6-8-16/h4-11H,3,12H2,1-2H3. The summed E-state index contributed by atoms with van der Waals surface area (Å²) in [4.78, 5) is 4.75. The zero-order chi connectivity index (χ0) is 20.9. The van der Waals surface area contributed by atoms with Gasteiger partial charge in [-0.1, -0.05) is 23.4 Å². The van der Waals surface area contributed by atoms with Crippen LogP contribution in [0.4, 0.5) is 0 Å². The molecule has 0 radical (unpaired) electrons. The molecular formula is C20H18ClN5O2S2. The highest BCUT2D eigenvalue weighted by Crippen LogP contribution is 2.34. The molecule has 2 aromatic heterocycles. The summed E-state index contributed by atoms with van der Waals surface area (Å²) in [5.41, 5.74) is 2.80. The topological polar surface area (TPSA) is 75.0 Å². The van der Waals surface area contributed by atoms with Crippen molar-refractivity contribution in [3.05, 3.63) is 58.6 Å². The van der Waals surface area contributed by atoms with Crippen LogP contribution in [0.1, 0.15) is 12.6 Å². The second kappa shape index (κ2) is 9.46. The van der Waals surface area contributed by atoms with Gasteiger partial charge in [-0.05, 0) is 59.8 Å². The molecule has 0 spiro atoms. The van der Waals surface area contributed by atoms with Crippen molar-refractivity contribution in [3.63, 3.8) is 0 Å². The number of hydrogen-bond donors (Lipinski definition) is 0. The number of thioether (sulfide) groups is 1. The van der Waals surface area contributed by atoms with Gasteiger partial charge in [-0.3, -0.25) is 0 Å². The molecule has 4 rings (SSSR count). The van der Waals surface area contributed by atoms with Gasteiger partial charge in [0.15, 0.2) is 11.5 Å². The third kappa shape index (κ3) is 4.58. The molecular weight excluding hydrogens is 442 g/mol. The largest absolute Gasteiger partial charge is 0.493 e. The molecule has 154 valence electrons.